The predicted molar refractivity (Wildman–Crippen MR) is 120 cm³/mol. The fourth-order valence-corrected chi connectivity index (χ4v) is 3.23. The second-order valence-electron chi connectivity index (χ2n) is 7.58. The van der Waals surface area contributed by atoms with Crippen LogP contribution in [0.4, 0.5) is 22.8 Å². The Kier molecular flexibility index (Phi) is 9.31. The summed E-state index contributed by atoms with van der Waals surface area (Å²) in [5.41, 5.74) is -2.84. The minimum absolute atomic E-state index is 0.0261. The highest BCUT2D eigenvalue weighted by Gasteiger charge is 2.37. The van der Waals surface area contributed by atoms with E-state index in [0.29, 0.717) is 25.9 Å². The summed E-state index contributed by atoms with van der Waals surface area (Å²) < 4.78 is 50.4. The van der Waals surface area contributed by atoms with Crippen LogP contribution in [0.25, 0.3) is 0 Å². The van der Waals surface area contributed by atoms with Crippen molar-refractivity contribution in [2.75, 3.05) is 13.1 Å². The molecule has 1 unspecified atom stereocenters. The number of hydrogen-bond donors (Lipinski definition) is 3. The molecule has 0 spiro atoms. The molecule has 0 saturated heterocycles. The standard InChI is InChI=1S/C24H29F3N2O5/c1-4-12-28-21(30)33-18-10-11-19(20(15-18)34-22(31)29-13-5-2)23(32,6-3)16-8-7-9-17(14-16)24(25,26)27/h7-11,14-15,32H,4-6,12-13H2,1-3H3,(H,28,30)(H,29,31). The van der Waals surface area contributed by atoms with E-state index in [2.05, 4.69) is 10.6 Å². The van der Waals surface area contributed by atoms with Gasteiger partial charge in [0.05, 0.1) is 5.56 Å². The van der Waals surface area contributed by atoms with Crippen LogP contribution in [-0.2, 0) is 11.8 Å². The predicted octanol–water partition coefficient (Wildman–Crippen LogP) is 5.35. The van der Waals surface area contributed by atoms with E-state index >= 15 is 0 Å². The SMILES string of the molecule is CCCNC(=O)Oc1ccc(C(O)(CC)c2cccc(C(F)(F)F)c2)c(OC(=O)NCCC)c1. The average Bonchev–Trinajstić information content (AvgIpc) is 2.80. The topological polar surface area (TPSA) is 96.9 Å². The number of nitrogens with one attached hydrogen (secondary N) is 2. The van der Waals surface area contributed by atoms with Crippen LogP contribution in [0.15, 0.2) is 42.5 Å². The zero-order valence-corrected chi connectivity index (χ0v) is 19.3. The molecule has 2 aromatic rings. The molecule has 0 aliphatic carbocycles. The van der Waals surface area contributed by atoms with Crippen molar-refractivity contribution in [1.29, 1.82) is 0 Å². The molecule has 0 fully saturated rings. The summed E-state index contributed by atoms with van der Waals surface area (Å²) in [6.45, 7) is 6.03. The number of halogens is 3. The van der Waals surface area contributed by atoms with Gasteiger partial charge in [0.25, 0.3) is 0 Å². The van der Waals surface area contributed by atoms with E-state index in [1.165, 1.54) is 30.3 Å². The van der Waals surface area contributed by atoms with Gasteiger partial charge in [0.15, 0.2) is 0 Å². The van der Waals surface area contributed by atoms with Gasteiger partial charge in [-0.15, -0.1) is 0 Å². The summed E-state index contributed by atoms with van der Waals surface area (Å²) in [5.74, 6) is -0.130. The first-order valence-electron chi connectivity index (χ1n) is 11.0. The van der Waals surface area contributed by atoms with E-state index in [-0.39, 0.29) is 29.0 Å². The Hall–Kier alpha value is -3.27. The van der Waals surface area contributed by atoms with E-state index in [0.717, 1.165) is 12.1 Å². The highest BCUT2D eigenvalue weighted by atomic mass is 19.4. The lowest BCUT2D eigenvalue weighted by atomic mass is 9.83. The molecule has 3 N–H and O–H groups in total. The van der Waals surface area contributed by atoms with Crippen molar-refractivity contribution < 1.29 is 37.3 Å². The Morgan fingerprint density at radius 1 is 0.882 bits per heavy atom. The molecule has 0 heterocycles. The van der Waals surface area contributed by atoms with Gasteiger partial charge in [-0.2, -0.15) is 13.2 Å². The minimum Gasteiger partial charge on any atom is -0.410 e. The van der Waals surface area contributed by atoms with Gasteiger partial charge in [0.1, 0.15) is 17.1 Å². The molecule has 2 aromatic carbocycles. The monoisotopic (exact) mass is 482 g/mol. The van der Waals surface area contributed by atoms with Crippen molar-refractivity contribution in [2.45, 2.75) is 51.8 Å². The molecule has 0 aromatic heterocycles. The summed E-state index contributed by atoms with van der Waals surface area (Å²) in [7, 11) is 0. The van der Waals surface area contributed by atoms with E-state index in [1.54, 1.807) is 6.92 Å². The summed E-state index contributed by atoms with van der Waals surface area (Å²) >= 11 is 0. The summed E-state index contributed by atoms with van der Waals surface area (Å²) in [6, 6.07) is 8.28. The van der Waals surface area contributed by atoms with Crippen LogP contribution in [-0.4, -0.2) is 30.4 Å². The Bertz CT molecular complexity index is 997. The third-order valence-electron chi connectivity index (χ3n) is 5.03. The van der Waals surface area contributed by atoms with Crippen molar-refractivity contribution in [1.82, 2.24) is 10.6 Å². The van der Waals surface area contributed by atoms with Crippen LogP contribution < -0.4 is 20.1 Å². The number of rotatable bonds is 9. The Morgan fingerprint density at radius 3 is 2.03 bits per heavy atom. The normalized spacial score (nSPS) is 13.0. The first kappa shape index (κ1) is 27.0. The maximum absolute atomic E-state index is 13.3. The molecule has 34 heavy (non-hydrogen) atoms. The van der Waals surface area contributed by atoms with E-state index in [4.69, 9.17) is 9.47 Å². The third kappa shape index (κ3) is 6.86. The van der Waals surface area contributed by atoms with Crippen LogP contribution in [0.2, 0.25) is 0 Å². The van der Waals surface area contributed by atoms with Crippen molar-refractivity contribution in [3.8, 4) is 11.5 Å². The molecule has 0 bridgehead atoms. The first-order valence-corrected chi connectivity index (χ1v) is 11.0. The van der Waals surface area contributed by atoms with Gasteiger partial charge in [0.2, 0.25) is 0 Å². The minimum atomic E-state index is -4.60. The number of alkyl halides is 3. The molecule has 0 saturated carbocycles. The van der Waals surface area contributed by atoms with Gasteiger partial charge in [-0.05, 0) is 49.1 Å². The van der Waals surface area contributed by atoms with E-state index in [1.807, 2.05) is 13.8 Å². The maximum Gasteiger partial charge on any atom is 0.416 e. The lowest BCUT2D eigenvalue weighted by Crippen LogP contribution is -2.31. The van der Waals surface area contributed by atoms with Crippen molar-refractivity contribution in [2.24, 2.45) is 0 Å². The number of hydrogen-bond acceptors (Lipinski definition) is 5. The number of ether oxygens (including phenoxy) is 2. The molecule has 0 radical (unpaired) electrons. The van der Waals surface area contributed by atoms with Gasteiger partial charge < -0.3 is 25.2 Å². The van der Waals surface area contributed by atoms with Gasteiger partial charge in [-0.25, -0.2) is 9.59 Å². The van der Waals surface area contributed by atoms with Gasteiger partial charge >= 0.3 is 18.4 Å². The zero-order chi connectivity index (χ0) is 25.4. The molecule has 0 aliphatic heterocycles. The molecule has 186 valence electrons. The molecule has 0 aliphatic rings. The highest BCUT2D eigenvalue weighted by molar-refractivity contribution is 5.73. The zero-order valence-electron chi connectivity index (χ0n) is 19.3. The highest BCUT2D eigenvalue weighted by Crippen LogP contribution is 2.41. The number of benzene rings is 2. The second kappa shape index (κ2) is 11.7. The molecule has 7 nitrogen and oxygen atoms in total. The lowest BCUT2D eigenvalue weighted by molar-refractivity contribution is -0.137. The Balaban J connectivity index is 2.53. The number of carbonyl (C=O) groups excluding carboxylic acids is 2. The number of aliphatic hydroxyl groups is 1. The van der Waals surface area contributed by atoms with Crippen LogP contribution >= 0.6 is 0 Å². The summed E-state index contributed by atoms with van der Waals surface area (Å²) in [4.78, 5) is 24.2. The summed E-state index contributed by atoms with van der Waals surface area (Å²) in [5, 5.41) is 16.6. The molecule has 10 heteroatoms. The molecule has 1 atom stereocenters. The van der Waals surface area contributed by atoms with Gasteiger partial charge in [0, 0.05) is 24.7 Å². The number of carbonyl (C=O) groups is 2. The third-order valence-corrected chi connectivity index (χ3v) is 5.03. The van der Waals surface area contributed by atoms with Crippen molar-refractivity contribution in [3.05, 3.63) is 59.2 Å². The lowest BCUT2D eigenvalue weighted by Gasteiger charge is -2.30. The smallest absolute Gasteiger partial charge is 0.410 e. The van der Waals surface area contributed by atoms with E-state index in [9.17, 15) is 27.9 Å². The maximum atomic E-state index is 13.3. The molecule has 2 amide bonds. The van der Waals surface area contributed by atoms with Gasteiger partial charge in [-0.3, -0.25) is 0 Å². The first-order chi connectivity index (χ1) is 16.0. The van der Waals surface area contributed by atoms with E-state index < -0.39 is 29.5 Å². The average molecular weight is 482 g/mol. The quantitative estimate of drug-likeness (QED) is 0.448. The van der Waals surface area contributed by atoms with Crippen LogP contribution in [0, 0.1) is 0 Å². The fourth-order valence-electron chi connectivity index (χ4n) is 3.23. The molecular formula is C24H29F3N2O5. The molecular weight excluding hydrogens is 453 g/mol. The number of amides is 2. The fraction of sp³-hybridized carbons (Fsp3) is 0.417. The van der Waals surface area contributed by atoms with Crippen molar-refractivity contribution in [3.63, 3.8) is 0 Å². The van der Waals surface area contributed by atoms with Gasteiger partial charge in [-0.1, -0.05) is 32.9 Å². The van der Waals surface area contributed by atoms with Crippen LogP contribution in [0.3, 0.4) is 0 Å². The Morgan fingerprint density at radius 2 is 1.47 bits per heavy atom. The van der Waals surface area contributed by atoms with Crippen LogP contribution in [0.1, 0.15) is 56.7 Å². The van der Waals surface area contributed by atoms with Crippen LogP contribution in [0.5, 0.6) is 11.5 Å². The van der Waals surface area contributed by atoms with Crippen molar-refractivity contribution >= 4 is 12.2 Å². The summed E-state index contributed by atoms with van der Waals surface area (Å²) in [6.07, 6.45) is -4.84. The largest absolute Gasteiger partial charge is 0.416 e. The second-order valence-corrected chi connectivity index (χ2v) is 7.58. The Labute approximate surface area is 196 Å². The molecule has 2 rings (SSSR count).